The lowest BCUT2D eigenvalue weighted by atomic mass is 10.1. The maximum atomic E-state index is 12.9. The highest BCUT2D eigenvalue weighted by Crippen LogP contribution is 2.35. The van der Waals surface area contributed by atoms with E-state index in [0.717, 1.165) is 18.4 Å². The van der Waals surface area contributed by atoms with Crippen LogP contribution in [-0.4, -0.2) is 50.7 Å². The van der Waals surface area contributed by atoms with Gasteiger partial charge in [-0.25, -0.2) is 8.42 Å². The first-order valence-corrected chi connectivity index (χ1v) is 9.29. The summed E-state index contributed by atoms with van der Waals surface area (Å²) in [7, 11) is -3.47. The molecule has 0 bridgehead atoms. The van der Waals surface area contributed by atoms with Crippen LogP contribution < -0.4 is 0 Å². The first-order valence-electron chi connectivity index (χ1n) is 7.85. The van der Waals surface area contributed by atoms with E-state index in [9.17, 15) is 8.42 Å². The predicted octanol–water partition coefficient (Wildman–Crippen LogP) is 1.95. The van der Waals surface area contributed by atoms with Crippen LogP contribution in [0.25, 0.3) is 0 Å². The monoisotopic (exact) mass is 325 g/mol. The smallest absolute Gasteiger partial charge is 0.243 e. The van der Waals surface area contributed by atoms with Gasteiger partial charge in [-0.15, -0.1) is 0 Å². The van der Waals surface area contributed by atoms with Crippen LogP contribution in [0, 0.1) is 6.92 Å². The number of rotatable bonds is 4. The highest BCUT2D eigenvalue weighted by atomic mass is 32.2. The van der Waals surface area contributed by atoms with Crippen molar-refractivity contribution < 1.29 is 17.9 Å². The molecule has 1 saturated heterocycles. The van der Waals surface area contributed by atoms with Crippen molar-refractivity contribution in [2.24, 2.45) is 0 Å². The molecule has 5 nitrogen and oxygen atoms in total. The van der Waals surface area contributed by atoms with Crippen LogP contribution in [0.1, 0.15) is 25.3 Å². The van der Waals surface area contributed by atoms with Crippen LogP contribution in [0.2, 0.25) is 0 Å². The summed E-state index contributed by atoms with van der Waals surface area (Å²) in [5, 5.41) is 0. The molecule has 0 amide bonds. The van der Waals surface area contributed by atoms with Crippen LogP contribution in [-0.2, 0) is 19.5 Å². The van der Waals surface area contributed by atoms with Gasteiger partial charge in [-0.3, -0.25) is 0 Å². The number of morpholine rings is 1. The Morgan fingerprint density at radius 2 is 2.00 bits per heavy atom. The summed E-state index contributed by atoms with van der Waals surface area (Å²) >= 11 is 0. The quantitative estimate of drug-likeness (QED) is 0.849. The van der Waals surface area contributed by atoms with E-state index in [1.807, 2.05) is 26.0 Å². The minimum absolute atomic E-state index is 0.00557. The first kappa shape index (κ1) is 15.9. The average molecular weight is 325 g/mol. The molecule has 1 aliphatic heterocycles. The second kappa shape index (κ2) is 6.28. The van der Waals surface area contributed by atoms with E-state index < -0.39 is 10.0 Å². The maximum absolute atomic E-state index is 12.9. The van der Waals surface area contributed by atoms with E-state index >= 15 is 0 Å². The van der Waals surface area contributed by atoms with Crippen molar-refractivity contribution in [1.29, 1.82) is 0 Å². The van der Waals surface area contributed by atoms with E-state index in [4.69, 9.17) is 9.47 Å². The van der Waals surface area contributed by atoms with Gasteiger partial charge in [-0.2, -0.15) is 4.31 Å². The van der Waals surface area contributed by atoms with Gasteiger partial charge in [0.25, 0.3) is 0 Å². The second-order valence-electron chi connectivity index (χ2n) is 5.90. The highest BCUT2D eigenvalue weighted by molar-refractivity contribution is 7.89. The molecule has 6 heteroatoms. The molecule has 0 radical (unpaired) electrons. The molecule has 0 spiro atoms. The number of ether oxygens (including phenoxy) is 2. The van der Waals surface area contributed by atoms with Gasteiger partial charge in [0.1, 0.15) is 6.10 Å². The van der Waals surface area contributed by atoms with Crippen LogP contribution in [0.15, 0.2) is 29.2 Å². The molecule has 0 unspecified atom stereocenters. The molecule has 0 aromatic heterocycles. The van der Waals surface area contributed by atoms with E-state index in [1.54, 1.807) is 16.4 Å². The number of nitrogens with zero attached hydrogens (tertiary/aromatic N) is 1. The molecular weight excluding hydrogens is 302 g/mol. The first-order chi connectivity index (χ1) is 10.5. The Labute approximate surface area is 132 Å². The summed E-state index contributed by atoms with van der Waals surface area (Å²) in [4.78, 5) is 0.360. The Morgan fingerprint density at radius 3 is 2.68 bits per heavy atom. The molecule has 3 rings (SSSR count). The summed E-state index contributed by atoms with van der Waals surface area (Å²) < 4.78 is 39.0. The molecule has 1 heterocycles. The predicted molar refractivity (Wildman–Crippen MR) is 83.2 cm³/mol. The van der Waals surface area contributed by atoms with Gasteiger partial charge >= 0.3 is 0 Å². The summed E-state index contributed by atoms with van der Waals surface area (Å²) in [5.74, 6) is 0. The molecule has 1 aliphatic carbocycles. The number of hydrogen-bond donors (Lipinski definition) is 0. The molecule has 122 valence electrons. The van der Waals surface area contributed by atoms with Gasteiger partial charge in [0, 0.05) is 13.2 Å². The highest BCUT2D eigenvalue weighted by Gasteiger charge is 2.47. The molecule has 22 heavy (non-hydrogen) atoms. The van der Waals surface area contributed by atoms with Crippen LogP contribution in [0.3, 0.4) is 0 Å². The van der Waals surface area contributed by atoms with Crippen molar-refractivity contribution in [3.63, 3.8) is 0 Å². The zero-order valence-electron chi connectivity index (χ0n) is 13.1. The van der Waals surface area contributed by atoms with Gasteiger partial charge in [-0.1, -0.05) is 17.7 Å². The van der Waals surface area contributed by atoms with E-state index in [2.05, 4.69) is 0 Å². The Morgan fingerprint density at radius 1 is 1.27 bits per heavy atom. The number of sulfonamides is 1. The van der Waals surface area contributed by atoms with Crippen LogP contribution in [0.4, 0.5) is 0 Å². The van der Waals surface area contributed by atoms with Crippen molar-refractivity contribution >= 4 is 10.0 Å². The Balaban J connectivity index is 1.86. The summed E-state index contributed by atoms with van der Waals surface area (Å²) in [5.41, 5.74) is 1.05. The SMILES string of the molecule is CCO[C@@H]1CC[C@H]2[C@H]1OCCN2S(=O)(=O)c1ccc(C)cc1. The fourth-order valence-electron chi connectivity index (χ4n) is 3.42. The maximum Gasteiger partial charge on any atom is 0.243 e. The molecule has 3 atom stereocenters. The van der Waals surface area contributed by atoms with Crippen molar-refractivity contribution in [3.05, 3.63) is 29.8 Å². The lowest BCUT2D eigenvalue weighted by Crippen LogP contribution is -2.53. The standard InChI is InChI=1S/C16H23NO4S/c1-3-20-15-9-8-14-16(15)21-11-10-17(14)22(18,19)13-6-4-12(2)5-7-13/h4-7,14-16H,3,8-11H2,1-2H3/t14-,15+,16+/m0/s1. The normalized spacial score (nSPS) is 29.5. The summed E-state index contributed by atoms with van der Waals surface area (Å²) in [6.07, 6.45) is 1.50. The van der Waals surface area contributed by atoms with E-state index in [-0.39, 0.29) is 18.2 Å². The molecular formula is C16H23NO4S. The summed E-state index contributed by atoms with van der Waals surface area (Å²) in [6.45, 7) is 5.37. The largest absolute Gasteiger partial charge is 0.376 e. The number of fused-ring (bicyclic) bond motifs is 1. The average Bonchev–Trinajstić information content (AvgIpc) is 2.91. The minimum atomic E-state index is -3.47. The van der Waals surface area contributed by atoms with Gasteiger partial charge in [0.2, 0.25) is 10.0 Å². The topological polar surface area (TPSA) is 55.8 Å². The molecule has 0 N–H and O–H groups in total. The molecule has 1 aromatic carbocycles. The van der Waals surface area contributed by atoms with Gasteiger partial charge in [-0.05, 0) is 38.8 Å². The lowest BCUT2D eigenvalue weighted by Gasteiger charge is -2.38. The van der Waals surface area contributed by atoms with Gasteiger partial charge < -0.3 is 9.47 Å². The second-order valence-corrected chi connectivity index (χ2v) is 7.79. The molecule has 1 saturated carbocycles. The summed E-state index contributed by atoms with van der Waals surface area (Å²) in [6, 6.07) is 6.93. The van der Waals surface area contributed by atoms with Gasteiger partial charge in [0.15, 0.2) is 0 Å². The Hall–Kier alpha value is -0.950. The zero-order chi connectivity index (χ0) is 15.7. The fourth-order valence-corrected chi connectivity index (χ4v) is 5.07. The van der Waals surface area contributed by atoms with Crippen molar-refractivity contribution in [2.75, 3.05) is 19.8 Å². The minimum Gasteiger partial charge on any atom is -0.376 e. The van der Waals surface area contributed by atoms with Crippen LogP contribution in [0.5, 0.6) is 0 Å². The Kier molecular flexibility index (Phi) is 4.54. The Bertz CT molecular complexity index is 614. The van der Waals surface area contributed by atoms with Crippen LogP contribution >= 0.6 is 0 Å². The lowest BCUT2D eigenvalue weighted by molar-refractivity contribution is -0.0938. The molecule has 2 fully saturated rings. The molecule has 2 aliphatic rings. The number of aryl methyl sites for hydroxylation is 1. The van der Waals surface area contributed by atoms with Gasteiger partial charge in [0.05, 0.1) is 23.6 Å². The van der Waals surface area contributed by atoms with Crippen molar-refractivity contribution in [3.8, 4) is 0 Å². The fraction of sp³-hybridized carbons (Fsp3) is 0.625. The van der Waals surface area contributed by atoms with E-state index in [0.29, 0.717) is 24.7 Å². The third kappa shape index (κ3) is 2.80. The van der Waals surface area contributed by atoms with Crippen molar-refractivity contribution in [2.45, 2.75) is 49.8 Å². The third-order valence-corrected chi connectivity index (χ3v) is 6.43. The third-order valence-electron chi connectivity index (χ3n) is 4.49. The number of hydrogen-bond acceptors (Lipinski definition) is 4. The zero-order valence-corrected chi connectivity index (χ0v) is 13.9. The number of benzene rings is 1. The van der Waals surface area contributed by atoms with Crippen molar-refractivity contribution in [1.82, 2.24) is 4.31 Å². The van der Waals surface area contributed by atoms with E-state index in [1.165, 1.54) is 0 Å². The molecule has 1 aromatic rings.